The van der Waals surface area contributed by atoms with Gasteiger partial charge in [0.1, 0.15) is 5.57 Å². The Kier molecular flexibility index (Phi) is 3.76. The van der Waals surface area contributed by atoms with Gasteiger partial charge in [0, 0.05) is 29.1 Å². The van der Waals surface area contributed by atoms with Gasteiger partial charge in [-0.25, -0.2) is 4.79 Å². The summed E-state index contributed by atoms with van der Waals surface area (Å²) in [5, 5.41) is 13.8. The number of hydrogen-bond acceptors (Lipinski definition) is 5. The fourth-order valence-electron chi connectivity index (χ4n) is 1.84. The van der Waals surface area contributed by atoms with Gasteiger partial charge in [0.05, 0.1) is 16.6 Å². The van der Waals surface area contributed by atoms with Gasteiger partial charge in [-0.3, -0.25) is 10.1 Å². The molecule has 0 bridgehead atoms. The Balaban J connectivity index is 2.57. The average molecular weight is 295 g/mol. The molecule has 0 fully saturated rings. The van der Waals surface area contributed by atoms with Crippen molar-refractivity contribution >= 4 is 34.0 Å². The number of ether oxygens (including phenoxy) is 1. The number of rotatable bonds is 3. The number of halogens is 1. The Morgan fingerprint density at radius 3 is 2.85 bits per heavy atom. The largest absolute Gasteiger partial charge is 0.462 e. The van der Waals surface area contributed by atoms with Crippen LogP contribution in [-0.4, -0.2) is 17.5 Å². The summed E-state index contributed by atoms with van der Waals surface area (Å²) in [6, 6.07) is 4.16. The lowest BCUT2D eigenvalue weighted by Gasteiger charge is -2.22. The summed E-state index contributed by atoms with van der Waals surface area (Å²) < 4.78 is 4.90. The summed E-state index contributed by atoms with van der Waals surface area (Å²) in [7, 11) is 0. The SMILES string of the molecule is C=C1Nc2ccc([N+](=O)[O-])cc2C(Cl)=C1C(=O)OCC. The van der Waals surface area contributed by atoms with Crippen LogP contribution in [0.3, 0.4) is 0 Å². The van der Waals surface area contributed by atoms with E-state index >= 15 is 0 Å². The highest BCUT2D eigenvalue weighted by Gasteiger charge is 2.27. The van der Waals surface area contributed by atoms with Crippen molar-refractivity contribution in [2.45, 2.75) is 6.92 Å². The van der Waals surface area contributed by atoms with Crippen molar-refractivity contribution in [1.82, 2.24) is 0 Å². The molecule has 0 atom stereocenters. The molecule has 0 aliphatic carbocycles. The van der Waals surface area contributed by atoms with Gasteiger partial charge in [-0.2, -0.15) is 0 Å². The average Bonchev–Trinajstić information content (AvgIpc) is 2.38. The molecule has 1 N–H and O–H groups in total. The van der Waals surface area contributed by atoms with Crippen molar-refractivity contribution in [2.24, 2.45) is 0 Å². The zero-order valence-corrected chi connectivity index (χ0v) is 11.4. The van der Waals surface area contributed by atoms with E-state index < -0.39 is 10.9 Å². The fraction of sp³-hybridized carbons (Fsp3) is 0.154. The zero-order chi connectivity index (χ0) is 14.9. The highest BCUT2D eigenvalue weighted by molar-refractivity contribution is 6.52. The molecule has 0 amide bonds. The van der Waals surface area contributed by atoms with Gasteiger partial charge in [-0.05, 0) is 13.0 Å². The van der Waals surface area contributed by atoms with Crippen LogP contribution in [0.4, 0.5) is 11.4 Å². The first-order chi connectivity index (χ1) is 9.45. The van der Waals surface area contributed by atoms with Gasteiger partial charge in [-0.15, -0.1) is 0 Å². The van der Waals surface area contributed by atoms with Crippen LogP contribution in [0.2, 0.25) is 0 Å². The van der Waals surface area contributed by atoms with E-state index in [0.29, 0.717) is 16.9 Å². The first-order valence-corrected chi connectivity index (χ1v) is 6.15. The molecule has 6 nitrogen and oxygen atoms in total. The number of carbonyl (C=O) groups excluding carboxylic acids is 1. The topological polar surface area (TPSA) is 81.5 Å². The van der Waals surface area contributed by atoms with Crippen molar-refractivity contribution in [3.05, 3.63) is 51.7 Å². The Hall–Kier alpha value is -2.34. The van der Waals surface area contributed by atoms with E-state index in [2.05, 4.69) is 11.9 Å². The normalized spacial score (nSPS) is 13.6. The van der Waals surface area contributed by atoms with Crippen molar-refractivity contribution in [3.63, 3.8) is 0 Å². The monoisotopic (exact) mass is 294 g/mol. The Morgan fingerprint density at radius 1 is 1.55 bits per heavy atom. The molecule has 7 heteroatoms. The third-order valence-electron chi connectivity index (χ3n) is 2.74. The summed E-state index contributed by atoms with van der Waals surface area (Å²) in [4.78, 5) is 22.1. The molecule has 0 aromatic heterocycles. The molecular formula is C13H11ClN2O4. The second kappa shape index (κ2) is 5.34. The second-order valence-electron chi connectivity index (χ2n) is 4.00. The summed E-state index contributed by atoms with van der Waals surface area (Å²) in [6.45, 7) is 5.58. The molecule has 0 unspecified atom stereocenters. The van der Waals surface area contributed by atoms with Crippen LogP contribution in [0.5, 0.6) is 0 Å². The number of benzene rings is 1. The molecule has 1 aromatic rings. The molecule has 0 saturated carbocycles. The minimum Gasteiger partial charge on any atom is -0.462 e. The Labute approximate surface area is 119 Å². The highest BCUT2D eigenvalue weighted by atomic mass is 35.5. The van der Waals surface area contributed by atoms with Crippen LogP contribution in [0.25, 0.3) is 5.03 Å². The molecule has 1 aromatic carbocycles. The molecule has 20 heavy (non-hydrogen) atoms. The lowest BCUT2D eigenvalue weighted by atomic mass is 10.0. The predicted molar refractivity (Wildman–Crippen MR) is 75.3 cm³/mol. The molecule has 1 aliphatic rings. The number of nitro groups is 1. The molecular weight excluding hydrogens is 284 g/mol. The number of hydrogen-bond donors (Lipinski definition) is 1. The number of fused-ring (bicyclic) bond motifs is 1. The van der Waals surface area contributed by atoms with Gasteiger partial charge in [0.25, 0.3) is 5.69 Å². The maximum atomic E-state index is 11.8. The molecule has 0 radical (unpaired) electrons. The van der Waals surface area contributed by atoms with Crippen molar-refractivity contribution < 1.29 is 14.5 Å². The van der Waals surface area contributed by atoms with Crippen LogP contribution < -0.4 is 5.32 Å². The quantitative estimate of drug-likeness (QED) is 0.526. The van der Waals surface area contributed by atoms with E-state index in [1.165, 1.54) is 18.2 Å². The van der Waals surface area contributed by atoms with Crippen LogP contribution in [-0.2, 0) is 9.53 Å². The molecule has 1 aliphatic heterocycles. The van der Waals surface area contributed by atoms with Gasteiger partial charge in [0.15, 0.2) is 0 Å². The van der Waals surface area contributed by atoms with Crippen molar-refractivity contribution in [2.75, 3.05) is 11.9 Å². The number of nitrogens with zero attached hydrogens (tertiary/aromatic N) is 1. The summed E-state index contributed by atoms with van der Waals surface area (Å²) in [5.41, 5.74) is 1.20. The van der Waals surface area contributed by atoms with Crippen LogP contribution in [0.15, 0.2) is 36.0 Å². The minimum atomic E-state index is -0.618. The summed E-state index contributed by atoms with van der Waals surface area (Å²) in [6.07, 6.45) is 0. The summed E-state index contributed by atoms with van der Waals surface area (Å²) in [5.74, 6) is -0.618. The zero-order valence-electron chi connectivity index (χ0n) is 10.6. The number of esters is 1. The van der Waals surface area contributed by atoms with Gasteiger partial charge >= 0.3 is 5.97 Å². The Morgan fingerprint density at radius 2 is 2.25 bits per heavy atom. The fourth-order valence-corrected chi connectivity index (χ4v) is 2.19. The number of carbonyl (C=O) groups is 1. The number of nitrogens with one attached hydrogen (secondary N) is 1. The number of anilines is 1. The van der Waals surface area contributed by atoms with Gasteiger partial charge in [0.2, 0.25) is 0 Å². The first kappa shape index (κ1) is 14.1. The van der Waals surface area contributed by atoms with E-state index in [9.17, 15) is 14.9 Å². The van der Waals surface area contributed by atoms with E-state index in [-0.39, 0.29) is 22.9 Å². The maximum Gasteiger partial charge on any atom is 0.341 e. The van der Waals surface area contributed by atoms with Crippen LogP contribution in [0, 0.1) is 10.1 Å². The summed E-state index contributed by atoms with van der Waals surface area (Å²) >= 11 is 6.17. The van der Waals surface area contributed by atoms with Gasteiger partial charge in [-0.1, -0.05) is 18.2 Å². The van der Waals surface area contributed by atoms with Crippen molar-refractivity contribution in [3.8, 4) is 0 Å². The van der Waals surface area contributed by atoms with Crippen LogP contribution >= 0.6 is 11.6 Å². The van der Waals surface area contributed by atoms with E-state index in [4.69, 9.17) is 16.3 Å². The van der Waals surface area contributed by atoms with Crippen molar-refractivity contribution in [1.29, 1.82) is 0 Å². The highest BCUT2D eigenvalue weighted by Crippen LogP contribution is 2.39. The lowest BCUT2D eigenvalue weighted by molar-refractivity contribution is -0.384. The third-order valence-corrected chi connectivity index (χ3v) is 3.13. The van der Waals surface area contributed by atoms with E-state index in [1.807, 2.05) is 0 Å². The molecule has 1 heterocycles. The molecule has 104 valence electrons. The Bertz CT molecular complexity index is 652. The minimum absolute atomic E-state index is 0.0847. The molecule has 0 saturated heterocycles. The first-order valence-electron chi connectivity index (χ1n) is 5.77. The maximum absolute atomic E-state index is 11.8. The predicted octanol–water partition coefficient (Wildman–Crippen LogP) is 3.05. The second-order valence-corrected chi connectivity index (χ2v) is 4.38. The van der Waals surface area contributed by atoms with Crippen LogP contribution in [0.1, 0.15) is 12.5 Å². The van der Waals surface area contributed by atoms with E-state index in [1.54, 1.807) is 6.92 Å². The number of non-ortho nitro benzene ring substituents is 1. The van der Waals surface area contributed by atoms with Gasteiger partial charge < -0.3 is 10.1 Å². The smallest absolute Gasteiger partial charge is 0.341 e. The molecule has 0 spiro atoms. The van der Waals surface area contributed by atoms with E-state index in [0.717, 1.165) is 0 Å². The standard InChI is InChI=1S/C13H11ClN2O4/c1-3-20-13(17)11-7(2)15-10-5-4-8(16(18)19)6-9(10)12(11)14/h4-6,15H,2-3H2,1H3. The number of nitro benzene ring substituents is 1. The lowest BCUT2D eigenvalue weighted by Crippen LogP contribution is -2.18. The third kappa shape index (κ3) is 2.37. The molecule has 2 rings (SSSR count).